The van der Waals surface area contributed by atoms with Crippen molar-refractivity contribution in [1.29, 1.82) is 0 Å². The van der Waals surface area contributed by atoms with Gasteiger partial charge in [-0.3, -0.25) is 4.79 Å². The molecule has 2 unspecified atom stereocenters. The fourth-order valence-corrected chi connectivity index (χ4v) is 8.04. The summed E-state index contributed by atoms with van der Waals surface area (Å²) in [7, 11) is 0. The molecule has 3 saturated carbocycles. The lowest BCUT2D eigenvalue weighted by molar-refractivity contribution is -0.141. The lowest BCUT2D eigenvalue weighted by atomic mass is 9.45. The lowest BCUT2D eigenvalue weighted by Gasteiger charge is -2.59. The van der Waals surface area contributed by atoms with Gasteiger partial charge in [0.1, 0.15) is 5.78 Å². The van der Waals surface area contributed by atoms with E-state index >= 15 is 0 Å². The molecule has 0 heterocycles. The van der Waals surface area contributed by atoms with Crippen LogP contribution in [-0.4, -0.2) is 17.0 Å². The molecule has 4 aliphatic carbocycles. The van der Waals surface area contributed by atoms with Crippen LogP contribution < -0.4 is 0 Å². The third-order valence-corrected chi connectivity index (χ3v) is 9.99. The van der Waals surface area contributed by atoms with Crippen molar-refractivity contribution < 1.29 is 9.90 Å². The van der Waals surface area contributed by atoms with E-state index in [1.807, 2.05) is 6.92 Å². The molecule has 8 atom stereocenters. The van der Waals surface area contributed by atoms with E-state index in [1.165, 1.54) is 31.3 Å². The fraction of sp³-hybridized carbons (Fsp3) is 0.870. The Kier molecular flexibility index (Phi) is 3.87. The number of carbonyl (C=O) groups is 1. The monoisotopic (exact) mass is 344 g/mol. The molecule has 3 fully saturated rings. The number of allylic oxidation sites excluding steroid dienone is 1. The number of carbonyl (C=O) groups excluding carboxylic acids is 1. The van der Waals surface area contributed by atoms with Crippen LogP contribution in [-0.2, 0) is 4.79 Å². The maximum Gasteiger partial charge on any atom is 0.136 e. The van der Waals surface area contributed by atoms with E-state index in [2.05, 4.69) is 33.8 Å². The van der Waals surface area contributed by atoms with Crippen molar-refractivity contribution in [3.8, 4) is 0 Å². The third kappa shape index (κ3) is 2.10. The smallest absolute Gasteiger partial charge is 0.136 e. The van der Waals surface area contributed by atoms with Crippen LogP contribution in [0.1, 0.15) is 79.6 Å². The first-order chi connectivity index (χ1) is 11.6. The Morgan fingerprint density at radius 1 is 1.12 bits per heavy atom. The number of aliphatic hydroxyl groups is 1. The van der Waals surface area contributed by atoms with E-state index in [-0.39, 0.29) is 16.9 Å². The largest absolute Gasteiger partial charge is 0.389 e. The molecule has 0 amide bonds. The first-order valence-electron chi connectivity index (χ1n) is 10.5. The van der Waals surface area contributed by atoms with Crippen LogP contribution in [0.2, 0.25) is 0 Å². The normalized spacial score (nSPS) is 55.0. The van der Waals surface area contributed by atoms with Crippen LogP contribution in [0.3, 0.4) is 0 Å². The van der Waals surface area contributed by atoms with Crippen molar-refractivity contribution in [3.05, 3.63) is 11.6 Å². The van der Waals surface area contributed by atoms with E-state index < -0.39 is 0 Å². The van der Waals surface area contributed by atoms with Crippen molar-refractivity contribution in [3.63, 3.8) is 0 Å². The molecule has 0 aromatic heterocycles. The fourth-order valence-electron chi connectivity index (χ4n) is 8.04. The Labute approximate surface area is 153 Å². The molecule has 2 nitrogen and oxygen atoms in total. The zero-order valence-corrected chi connectivity index (χ0v) is 16.8. The van der Waals surface area contributed by atoms with Gasteiger partial charge < -0.3 is 5.11 Å². The highest BCUT2D eigenvalue weighted by atomic mass is 16.3. The summed E-state index contributed by atoms with van der Waals surface area (Å²) < 4.78 is 0. The molecule has 0 saturated heterocycles. The second kappa shape index (κ2) is 5.44. The zero-order chi connectivity index (χ0) is 18.2. The van der Waals surface area contributed by atoms with Crippen molar-refractivity contribution in [2.75, 3.05) is 0 Å². The van der Waals surface area contributed by atoms with Gasteiger partial charge in [-0.25, -0.2) is 0 Å². The van der Waals surface area contributed by atoms with Gasteiger partial charge in [-0.05, 0) is 86.4 Å². The predicted octanol–water partition coefficient (Wildman–Crippen LogP) is 5.15. The summed E-state index contributed by atoms with van der Waals surface area (Å²) in [6.07, 6.45) is 10.1. The number of rotatable bonds is 1. The van der Waals surface area contributed by atoms with E-state index in [0.29, 0.717) is 23.0 Å². The summed E-state index contributed by atoms with van der Waals surface area (Å²) in [5.74, 6) is 3.11. The summed E-state index contributed by atoms with van der Waals surface area (Å²) in [6.45, 7) is 11.4. The molecule has 0 bridgehead atoms. The van der Waals surface area contributed by atoms with Crippen LogP contribution in [0, 0.1) is 39.9 Å². The maximum absolute atomic E-state index is 12.7. The van der Waals surface area contributed by atoms with Gasteiger partial charge in [0.2, 0.25) is 0 Å². The first kappa shape index (κ1) is 17.8. The highest BCUT2D eigenvalue weighted by Gasteiger charge is 2.66. The molecule has 25 heavy (non-hydrogen) atoms. The highest BCUT2D eigenvalue weighted by molar-refractivity contribution is 5.83. The number of aliphatic hydroxyl groups excluding tert-OH is 1. The zero-order valence-electron chi connectivity index (χ0n) is 16.8. The molecular formula is C23H36O2. The minimum absolute atomic E-state index is 0.150. The van der Waals surface area contributed by atoms with Gasteiger partial charge in [0.15, 0.2) is 0 Å². The summed E-state index contributed by atoms with van der Waals surface area (Å²) in [5.41, 5.74) is 1.85. The van der Waals surface area contributed by atoms with E-state index in [0.717, 1.165) is 31.1 Å². The van der Waals surface area contributed by atoms with Crippen molar-refractivity contribution in [2.24, 2.45) is 39.9 Å². The van der Waals surface area contributed by atoms with Gasteiger partial charge in [0, 0.05) is 5.41 Å². The highest BCUT2D eigenvalue weighted by Crippen LogP contribution is 2.71. The summed E-state index contributed by atoms with van der Waals surface area (Å²) >= 11 is 0. The van der Waals surface area contributed by atoms with E-state index in [1.54, 1.807) is 0 Å². The van der Waals surface area contributed by atoms with Gasteiger partial charge in [-0.1, -0.05) is 39.3 Å². The standard InChI is InChI=1S/C23H36O2/c1-14-12-20-18-7-6-16-13-17(25)8-10-21(16,3)19(18)9-11-22(20,4)23(14,5)15(2)24/h13-14,17-20,25H,6-12H2,1-5H3/t14-,17+,18-,19?,20?,21+,22+,23-/m1/s1. The predicted molar refractivity (Wildman–Crippen MR) is 101 cm³/mol. The molecule has 1 N–H and O–H groups in total. The molecule has 0 aromatic rings. The first-order valence-corrected chi connectivity index (χ1v) is 10.5. The molecule has 4 rings (SSSR count). The van der Waals surface area contributed by atoms with Gasteiger partial charge in [0.25, 0.3) is 0 Å². The Bertz CT molecular complexity index is 622. The molecule has 2 heteroatoms. The Balaban J connectivity index is 1.71. The summed E-state index contributed by atoms with van der Waals surface area (Å²) in [5, 5.41) is 10.1. The molecule has 0 aromatic carbocycles. The van der Waals surface area contributed by atoms with Gasteiger partial charge in [0.05, 0.1) is 6.10 Å². The second-order valence-corrected chi connectivity index (χ2v) is 10.5. The molecule has 4 aliphatic rings. The van der Waals surface area contributed by atoms with Crippen molar-refractivity contribution >= 4 is 5.78 Å². The number of Topliss-reactive ketones (excluding diaryl/α,β-unsaturated/α-hetero) is 1. The number of hydrogen-bond donors (Lipinski definition) is 1. The summed E-state index contributed by atoms with van der Waals surface area (Å²) in [4.78, 5) is 12.7. The number of ketones is 1. The van der Waals surface area contributed by atoms with E-state index in [9.17, 15) is 9.90 Å². The number of hydrogen-bond acceptors (Lipinski definition) is 2. The third-order valence-electron chi connectivity index (χ3n) is 9.99. The van der Waals surface area contributed by atoms with Gasteiger partial charge >= 0.3 is 0 Å². The van der Waals surface area contributed by atoms with Gasteiger partial charge in [-0.2, -0.15) is 0 Å². The molecule has 140 valence electrons. The molecule has 0 aliphatic heterocycles. The minimum Gasteiger partial charge on any atom is -0.389 e. The minimum atomic E-state index is -0.221. The molecule has 0 spiro atoms. The average Bonchev–Trinajstić information content (AvgIpc) is 2.77. The van der Waals surface area contributed by atoms with Crippen LogP contribution in [0.25, 0.3) is 0 Å². The Hall–Kier alpha value is -0.630. The van der Waals surface area contributed by atoms with Crippen LogP contribution in [0.5, 0.6) is 0 Å². The van der Waals surface area contributed by atoms with Crippen LogP contribution in [0.4, 0.5) is 0 Å². The SMILES string of the molecule is CC(=O)[C@@]1(C)[C@H](C)CC2[C@@H]3CCC4=C[C@@H](O)CC[C@]4(C)C3CC[C@@]21C. The second-order valence-electron chi connectivity index (χ2n) is 10.5. The average molecular weight is 345 g/mol. The van der Waals surface area contributed by atoms with Gasteiger partial charge in [-0.15, -0.1) is 0 Å². The van der Waals surface area contributed by atoms with Crippen LogP contribution >= 0.6 is 0 Å². The topological polar surface area (TPSA) is 37.3 Å². The molecular weight excluding hydrogens is 308 g/mol. The van der Waals surface area contributed by atoms with Crippen molar-refractivity contribution in [1.82, 2.24) is 0 Å². The van der Waals surface area contributed by atoms with Crippen molar-refractivity contribution in [2.45, 2.75) is 85.7 Å². The quantitative estimate of drug-likeness (QED) is 0.668. The lowest BCUT2D eigenvalue weighted by Crippen LogP contribution is -2.54. The summed E-state index contributed by atoms with van der Waals surface area (Å²) in [6, 6.07) is 0. The van der Waals surface area contributed by atoms with E-state index in [4.69, 9.17) is 0 Å². The number of fused-ring (bicyclic) bond motifs is 5. The van der Waals surface area contributed by atoms with Crippen LogP contribution in [0.15, 0.2) is 11.6 Å². The maximum atomic E-state index is 12.7. The Morgan fingerprint density at radius 2 is 1.84 bits per heavy atom. The molecule has 0 radical (unpaired) electrons. The Morgan fingerprint density at radius 3 is 2.52 bits per heavy atom.